The highest BCUT2D eigenvalue weighted by atomic mass is 16.1. The Hall–Kier alpha value is -3.41. The van der Waals surface area contributed by atoms with Crippen LogP contribution in [0.25, 0.3) is 27.7 Å². The minimum absolute atomic E-state index is 0.0706. The van der Waals surface area contributed by atoms with Gasteiger partial charge in [0.15, 0.2) is 0 Å². The average molecular weight is 360 g/mol. The zero-order chi connectivity index (χ0) is 18.8. The number of nitrogens with one attached hydrogen (secondary N) is 3. The molecule has 0 bridgehead atoms. The van der Waals surface area contributed by atoms with Crippen molar-refractivity contribution in [2.75, 3.05) is 0 Å². The van der Waals surface area contributed by atoms with E-state index in [0.717, 1.165) is 47.0 Å². The van der Waals surface area contributed by atoms with Crippen LogP contribution in [0.2, 0.25) is 0 Å². The van der Waals surface area contributed by atoms with Crippen LogP contribution in [0.3, 0.4) is 0 Å². The van der Waals surface area contributed by atoms with Gasteiger partial charge >= 0.3 is 0 Å². The molecule has 136 valence electrons. The molecule has 1 unspecified atom stereocenters. The Balaban J connectivity index is 1.79. The van der Waals surface area contributed by atoms with Crippen molar-refractivity contribution >= 4 is 22.5 Å². The average Bonchev–Trinajstić information content (AvgIpc) is 3.12. The van der Waals surface area contributed by atoms with Gasteiger partial charge in [-0.25, -0.2) is 4.98 Å². The lowest BCUT2D eigenvalue weighted by molar-refractivity contribution is -0.117. The maximum Gasteiger partial charge on any atom is 0.255 e. The van der Waals surface area contributed by atoms with Gasteiger partial charge in [-0.2, -0.15) is 0 Å². The quantitative estimate of drug-likeness (QED) is 0.624. The van der Waals surface area contributed by atoms with Gasteiger partial charge in [0.25, 0.3) is 5.56 Å². The van der Waals surface area contributed by atoms with Gasteiger partial charge in [0.05, 0.1) is 0 Å². The Morgan fingerprint density at radius 3 is 2.96 bits per heavy atom. The summed E-state index contributed by atoms with van der Waals surface area (Å²) in [6, 6.07) is 5.66. The molecule has 1 amide bonds. The standard InChI is InChI=1S/C21H20N4O2/c1-2-18(26)25-14-6-3-5-13(11-14)15-8-10-22-20-19(15)17(12-24-20)16-7-4-9-23-21(16)27/h2,4-5,7-10,12,14H,1,3,6,11H2,(H,22,24)(H,23,27)(H,25,26). The maximum atomic E-state index is 12.3. The summed E-state index contributed by atoms with van der Waals surface area (Å²) in [6.07, 6.45) is 11.2. The molecule has 0 saturated carbocycles. The van der Waals surface area contributed by atoms with Crippen molar-refractivity contribution in [3.8, 4) is 11.1 Å². The van der Waals surface area contributed by atoms with E-state index in [2.05, 4.69) is 32.9 Å². The minimum Gasteiger partial charge on any atom is -0.349 e. The molecule has 1 aliphatic carbocycles. The first-order valence-electron chi connectivity index (χ1n) is 8.94. The molecule has 3 heterocycles. The molecule has 0 spiro atoms. The first-order valence-corrected chi connectivity index (χ1v) is 8.94. The molecular weight excluding hydrogens is 340 g/mol. The van der Waals surface area contributed by atoms with Gasteiger partial charge in [0.1, 0.15) is 5.65 Å². The highest BCUT2D eigenvalue weighted by molar-refractivity contribution is 6.01. The van der Waals surface area contributed by atoms with Gasteiger partial charge in [-0.1, -0.05) is 12.7 Å². The molecule has 3 aromatic heterocycles. The van der Waals surface area contributed by atoms with Gasteiger partial charge in [0.2, 0.25) is 5.91 Å². The van der Waals surface area contributed by atoms with Crippen LogP contribution >= 0.6 is 0 Å². The predicted molar refractivity (Wildman–Crippen MR) is 106 cm³/mol. The maximum absolute atomic E-state index is 12.3. The van der Waals surface area contributed by atoms with E-state index in [1.807, 2.05) is 18.3 Å². The molecule has 0 radical (unpaired) electrons. The molecule has 0 fully saturated rings. The highest BCUT2D eigenvalue weighted by Crippen LogP contribution is 2.35. The number of fused-ring (bicyclic) bond motifs is 1. The Labute approximate surface area is 156 Å². The molecule has 6 nitrogen and oxygen atoms in total. The SMILES string of the molecule is C=CC(=O)NC1CCC=C(c2ccnc3[nH]cc(-c4ccc[nH]c4=O)c23)C1. The number of hydrogen-bond donors (Lipinski definition) is 3. The molecule has 0 aromatic carbocycles. The smallest absolute Gasteiger partial charge is 0.255 e. The number of aromatic nitrogens is 3. The molecule has 0 saturated heterocycles. The minimum atomic E-state index is -0.153. The summed E-state index contributed by atoms with van der Waals surface area (Å²) in [6.45, 7) is 3.52. The Morgan fingerprint density at radius 2 is 2.15 bits per heavy atom. The van der Waals surface area contributed by atoms with Crippen molar-refractivity contribution in [2.24, 2.45) is 0 Å². The number of pyridine rings is 2. The zero-order valence-corrected chi connectivity index (χ0v) is 14.8. The van der Waals surface area contributed by atoms with Crippen molar-refractivity contribution < 1.29 is 4.79 Å². The third-order valence-electron chi connectivity index (χ3n) is 4.93. The molecule has 0 aliphatic heterocycles. The van der Waals surface area contributed by atoms with Crippen LogP contribution in [-0.4, -0.2) is 26.9 Å². The van der Waals surface area contributed by atoms with Crippen LogP contribution in [0.1, 0.15) is 24.8 Å². The van der Waals surface area contributed by atoms with Gasteiger partial charge in [-0.15, -0.1) is 0 Å². The second-order valence-electron chi connectivity index (χ2n) is 6.62. The van der Waals surface area contributed by atoms with Crippen LogP contribution in [0, 0.1) is 0 Å². The van der Waals surface area contributed by atoms with Gasteiger partial charge in [0, 0.05) is 41.1 Å². The first kappa shape index (κ1) is 17.0. The van der Waals surface area contributed by atoms with Crippen LogP contribution in [0.15, 0.2) is 60.3 Å². The van der Waals surface area contributed by atoms with Crippen molar-refractivity contribution in [1.82, 2.24) is 20.3 Å². The molecule has 3 aromatic rings. The monoisotopic (exact) mass is 360 g/mol. The van der Waals surface area contributed by atoms with Crippen molar-refractivity contribution in [1.29, 1.82) is 0 Å². The van der Waals surface area contributed by atoms with Crippen LogP contribution < -0.4 is 10.9 Å². The van der Waals surface area contributed by atoms with E-state index < -0.39 is 0 Å². The Morgan fingerprint density at radius 1 is 1.26 bits per heavy atom. The van der Waals surface area contributed by atoms with E-state index in [0.29, 0.717) is 5.56 Å². The number of hydrogen-bond acceptors (Lipinski definition) is 3. The summed E-state index contributed by atoms with van der Waals surface area (Å²) in [5.74, 6) is -0.153. The van der Waals surface area contributed by atoms with Crippen molar-refractivity contribution in [3.63, 3.8) is 0 Å². The van der Waals surface area contributed by atoms with E-state index >= 15 is 0 Å². The lowest BCUT2D eigenvalue weighted by atomic mass is 9.88. The summed E-state index contributed by atoms with van der Waals surface area (Å²) >= 11 is 0. The fourth-order valence-electron chi connectivity index (χ4n) is 3.68. The fourth-order valence-corrected chi connectivity index (χ4v) is 3.68. The van der Waals surface area contributed by atoms with E-state index in [4.69, 9.17) is 0 Å². The first-order chi connectivity index (χ1) is 13.2. The topological polar surface area (TPSA) is 90.6 Å². The number of aromatic amines is 2. The lowest BCUT2D eigenvalue weighted by Crippen LogP contribution is -2.34. The van der Waals surface area contributed by atoms with E-state index in [9.17, 15) is 9.59 Å². The van der Waals surface area contributed by atoms with E-state index in [1.165, 1.54) is 6.08 Å². The fraction of sp³-hybridized carbons (Fsp3) is 0.190. The number of allylic oxidation sites excluding steroid dienone is 1. The summed E-state index contributed by atoms with van der Waals surface area (Å²) in [5.41, 5.74) is 4.22. The highest BCUT2D eigenvalue weighted by Gasteiger charge is 2.21. The second kappa shape index (κ2) is 7.07. The van der Waals surface area contributed by atoms with Crippen molar-refractivity contribution in [2.45, 2.75) is 25.3 Å². The van der Waals surface area contributed by atoms with Gasteiger partial charge in [-0.3, -0.25) is 9.59 Å². The largest absolute Gasteiger partial charge is 0.349 e. The summed E-state index contributed by atoms with van der Waals surface area (Å²) in [5, 5.41) is 3.92. The normalized spacial score (nSPS) is 16.7. The summed E-state index contributed by atoms with van der Waals surface area (Å²) in [7, 11) is 0. The predicted octanol–water partition coefficient (Wildman–Crippen LogP) is 3.16. The third-order valence-corrected chi connectivity index (χ3v) is 4.93. The van der Waals surface area contributed by atoms with Gasteiger partial charge < -0.3 is 15.3 Å². The van der Waals surface area contributed by atoms with E-state index in [-0.39, 0.29) is 17.5 Å². The van der Waals surface area contributed by atoms with E-state index in [1.54, 1.807) is 18.5 Å². The lowest BCUT2D eigenvalue weighted by Gasteiger charge is -2.24. The van der Waals surface area contributed by atoms with Crippen LogP contribution in [0.5, 0.6) is 0 Å². The number of H-pyrrole nitrogens is 2. The number of amides is 1. The molecule has 3 N–H and O–H groups in total. The molecule has 1 aliphatic rings. The third kappa shape index (κ3) is 3.21. The number of nitrogens with zero attached hydrogens (tertiary/aromatic N) is 1. The number of carbonyl (C=O) groups excluding carboxylic acids is 1. The van der Waals surface area contributed by atoms with Crippen LogP contribution in [0.4, 0.5) is 0 Å². The van der Waals surface area contributed by atoms with Gasteiger partial charge in [-0.05, 0) is 54.7 Å². The Kier molecular flexibility index (Phi) is 4.46. The molecule has 27 heavy (non-hydrogen) atoms. The number of rotatable bonds is 4. The molecule has 1 atom stereocenters. The summed E-state index contributed by atoms with van der Waals surface area (Å²) in [4.78, 5) is 34.3. The number of carbonyl (C=O) groups is 1. The molecule has 4 rings (SSSR count). The Bertz CT molecular complexity index is 1110. The summed E-state index contributed by atoms with van der Waals surface area (Å²) < 4.78 is 0. The van der Waals surface area contributed by atoms with Crippen LogP contribution in [-0.2, 0) is 4.79 Å². The van der Waals surface area contributed by atoms with Crippen molar-refractivity contribution in [3.05, 3.63) is 71.4 Å². The molecular formula is C21H20N4O2. The molecule has 6 heteroatoms. The zero-order valence-electron chi connectivity index (χ0n) is 14.8. The second-order valence-corrected chi connectivity index (χ2v) is 6.62.